The minimum absolute atomic E-state index is 0.0366. The van der Waals surface area contributed by atoms with Gasteiger partial charge in [0.05, 0.1) is 0 Å². The predicted octanol–water partition coefficient (Wildman–Crippen LogP) is 0.414. The van der Waals surface area contributed by atoms with Gasteiger partial charge in [0, 0.05) is 12.3 Å². The Morgan fingerprint density at radius 3 is 2.53 bits per heavy atom. The molecule has 0 radical (unpaired) electrons. The van der Waals surface area contributed by atoms with Crippen LogP contribution in [-0.2, 0) is 0 Å². The van der Waals surface area contributed by atoms with Gasteiger partial charge in [0.2, 0.25) is 0 Å². The van der Waals surface area contributed by atoms with E-state index >= 15 is 0 Å². The lowest BCUT2D eigenvalue weighted by molar-refractivity contribution is 0.242. The van der Waals surface area contributed by atoms with Gasteiger partial charge in [-0.1, -0.05) is 18.2 Å². The first-order valence-electron chi connectivity index (χ1n) is 5.22. The average Bonchev–Trinajstić information content (AvgIpc) is 2.18. The highest BCUT2D eigenvalue weighted by Gasteiger charge is 2.09. The van der Waals surface area contributed by atoms with Gasteiger partial charge in [-0.2, -0.15) is 4.99 Å². The van der Waals surface area contributed by atoms with Gasteiger partial charge in [-0.3, -0.25) is 5.41 Å². The molecule has 0 aromatic carbocycles. The van der Waals surface area contributed by atoms with Crippen molar-refractivity contribution in [2.75, 3.05) is 25.4 Å². The molecule has 0 atom stereocenters. The molecular formula is C9H19N5S. The molecule has 0 aromatic rings. The molecule has 5 nitrogen and oxygen atoms in total. The molecule has 5 N–H and O–H groups in total. The van der Waals surface area contributed by atoms with Crippen molar-refractivity contribution >= 4 is 22.9 Å². The van der Waals surface area contributed by atoms with Crippen molar-refractivity contribution in [1.82, 2.24) is 4.90 Å². The van der Waals surface area contributed by atoms with E-state index in [1.807, 2.05) is 0 Å². The van der Waals surface area contributed by atoms with E-state index in [1.54, 1.807) is 0 Å². The maximum Gasteiger partial charge on any atom is 0.193 e. The first kappa shape index (κ1) is 12.3. The molecular weight excluding hydrogens is 210 g/mol. The van der Waals surface area contributed by atoms with Gasteiger partial charge in [-0.15, -0.1) is 0 Å². The molecule has 86 valence electrons. The Labute approximate surface area is 94.8 Å². The van der Waals surface area contributed by atoms with Crippen molar-refractivity contribution in [2.24, 2.45) is 16.5 Å². The third kappa shape index (κ3) is 5.64. The normalized spacial score (nSPS) is 17.3. The smallest absolute Gasteiger partial charge is 0.193 e. The second-order valence-corrected chi connectivity index (χ2v) is 4.68. The fourth-order valence-corrected chi connectivity index (χ4v) is 2.32. The number of hydrogen-bond donors (Lipinski definition) is 3. The van der Waals surface area contributed by atoms with Crippen LogP contribution >= 0.6 is 11.8 Å². The number of amidine groups is 1. The van der Waals surface area contributed by atoms with Gasteiger partial charge in [0.1, 0.15) is 0 Å². The second-order valence-electron chi connectivity index (χ2n) is 3.59. The highest BCUT2D eigenvalue weighted by molar-refractivity contribution is 8.13. The molecule has 15 heavy (non-hydrogen) atoms. The van der Waals surface area contributed by atoms with Crippen LogP contribution in [0.3, 0.4) is 0 Å². The summed E-state index contributed by atoms with van der Waals surface area (Å²) < 4.78 is 0. The quantitative estimate of drug-likeness (QED) is 0.483. The SMILES string of the molecule is N=C(N=C(N)N)SCCN1CCCCC1. The first-order valence-corrected chi connectivity index (χ1v) is 6.20. The zero-order valence-corrected chi connectivity index (χ0v) is 9.72. The summed E-state index contributed by atoms with van der Waals surface area (Å²) in [7, 11) is 0. The number of piperidine rings is 1. The topological polar surface area (TPSA) is 91.5 Å². The summed E-state index contributed by atoms with van der Waals surface area (Å²) in [5.41, 5.74) is 10.3. The number of nitrogens with zero attached hydrogens (tertiary/aromatic N) is 2. The van der Waals surface area contributed by atoms with E-state index in [0.717, 1.165) is 12.3 Å². The molecule has 1 aliphatic heterocycles. The number of guanidine groups is 1. The second kappa shape index (κ2) is 6.68. The molecule has 1 aliphatic rings. The number of likely N-dealkylation sites (tertiary alicyclic amines) is 1. The Morgan fingerprint density at radius 1 is 1.27 bits per heavy atom. The van der Waals surface area contributed by atoms with Crippen LogP contribution in [0.2, 0.25) is 0 Å². The Morgan fingerprint density at radius 2 is 1.93 bits per heavy atom. The molecule has 1 heterocycles. The summed E-state index contributed by atoms with van der Waals surface area (Å²) in [5.74, 6) is 0.848. The van der Waals surface area contributed by atoms with Crippen LogP contribution in [0.15, 0.2) is 4.99 Å². The van der Waals surface area contributed by atoms with Crippen LogP contribution in [0, 0.1) is 5.41 Å². The van der Waals surface area contributed by atoms with Crippen molar-refractivity contribution in [3.05, 3.63) is 0 Å². The van der Waals surface area contributed by atoms with Gasteiger partial charge in [-0.25, -0.2) is 0 Å². The molecule has 0 aromatic heterocycles. The standard InChI is InChI=1S/C9H19N5S/c10-8(11)13-9(12)15-7-6-14-4-2-1-3-5-14/h1-7H2,(H5,10,11,12,13). The van der Waals surface area contributed by atoms with Crippen molar-refractivity contribution in [3.63, 3.8) is 0 Å². The van der Waals surface area contributed by atoms with Crippen molar-refractivity contribution in [1.29, 1.82) is 5.41 Å². The number of rotatable bonds is 3. The fourth-order valence-electron chi connectivity index (χ4n) is 1.60. The lowest BCUT2D eigenvalue weighted by atomic mass is 10.1. The van der Waals surface area contributed by atoms with E-state index < -0.39 is 0 Å². The van der Waals surface area contributed by atoms with E-state index in [-0.39, 0.29) is 11.1 Å². The van der Waals surface area contributed by atoms with E-state index in [0.29, 0.717) is 0 Å². The van der Waals surface area contributed by atoms with Gasteiger partial charge in [0.25, 0.3) is 0 Å². The van der Waals surface area contributed by atoms with E-state index in [4.69, 9.17) is 16.9 Å². The Balaban J connectivity index is 2.10. The van der Waals surface area contributed by atoms with E-state index in [9.17, 15) is 0 Å². The third-order valence-electron chi connectivity index (χ3n) is 2.33. The summed E-state index contributed by atoms with van der Waals surface area (Å²) in [6, 6.07) is 0. The van der Waals surface area contributed by atoms with Crippen LogP contribution < -0.4 is 11.5 Å². The number of aliphatic imine (C=N–C) groups is 1. The largest absolute Gasteiger partial charge is 0.370 e. The van der Waals surface area contributed by atoms with Crippen LogP contribution in [0.25, 0.3) is 0 Å². The monoisotopic (exact) mass is 229 g/mol. The Kier molecular flexibility index (Phi) is 5.49. The summed E-state index contributed by atoms with van der Waals surface area (Å²) in [6.45, 7) is 3.40. The minimum Gasteiger partial charge on any atom is -0.370 e. The number of nitrogens with two attached hydrogens (primary N) is 2. The van der Waals surface area contributed by atoms with E-state index in [1.165, 1.54) is 44.1 Å². The Hall–Kier alpha value is -0.750. The summed E-state index contributed by atoms with van der Waals surface area (Å²) >= 11 is 1.39. The summed E-state index contributed by atoms with van der Waals surface area (Å²) in [5, 5.41) is 7.63. The zero-order valence-electron chi connectivity index (χ0n) is 8.91. The van der Waals surface area contributed by atoms with Crippen molar-refractivity contribution in [3.8, 4) is 0 Å². The first-order chi connectivity index (χ1) is 7.18. The molecule has 0 amide bonds. The number of hydrogen-bond acceptors (Lipinski definition) is 3. The predicted molar refractivity (Wildman–Crippen MR) is 66.3 cm³/mol. The summed E-state index contributed by atoms with van der Waals surface area (Å²) in [6.07, 6.45) is 3.96. The van der Waals surface area contributed by atoms with Crippen LogP contribution in [0.4, 0.5) is 0 Å². The molecule has 1 saturated heterocycles. The molecule has 1 fully saturated rings. The van der Waals surface area contributed by atoms with Crippen molar-refractivity contribution in [2.45, 2.75) is 19.3 Å². The third-order valence-corrected chi connectivity index (χ3v) is 3.08. The highest BCUT2D eigenvalue weighted by Crippen LogP contribution is 2.10. The lowest BCUT2D eigenvalue weighted by Crippen LogP contribution is -2.31. The highest BCUT2D eigenvalue weighted by atomic mass is 32.2. The molecule has 0 aliphatic carbocycles. The van der Waals surface area contributed by atoms with Crippen molar-refractivity contribution < 1.29 is 0 Å². The molecule has 6 heteroatoms. The maximum atomic E-state index is 7.43. The lowest BCUT2D eigenvalue weighted by Gasteiger charge is -2.25. The summed E-state index contributed by atoms with van der Waals surface area (Å²) in [4.78, 5) is 6.09. The fraction of sp³-hybridized carbons (Fsp3) is 0.778. The molecule has 0 bridgehead atoms. The minimum atomic E-state index is -0.0366. The van der Waals surface area contributed by atoms with Crippen LogP contribution in [0.5, 0.6) is 0 Å². The number of nitrogens with one attached hydrogen (secondary N) is 1. The van der Waals surface area contributed by atoms with Gasteiger partial charge in [0.15, 0.2) is 11.1 Å². The average molecular weight is 229 g/mol. The van der Waals surface area contributed by atoms with E-state index in [2.05, 4.69) is 9.89 Å². The van der Waals surface area contributed by atoms with Gasteiger partial charge in [-0.05, 0) is 25.9 Å². The van der Waals surface area contributed by atoms with Gasteiger partial charge < -0.3 is 16.4 Å². The zero-order chi connectivity index (χ0) is 11.1. The van der Waals surface area contributed by atoms with Gasteiger partial charge >= 0.3 is 0 Å². The molecule has 0 unspecified atom stereocenters. The maximum absolute atomic E-state index is 7.43. The molecule has 0 spiro atoms. The molecule has 1 rings (SSSR count). The van der Waals surface area contributed by atoms with Crippen LogP contribution in [-0.4, -0.2) is 41.4 Å². The molecule has 0 saturated carbocycles. The number of thioether (sulfide) groups is 1. The van der Waals surface area contributed by atoms with Crippen LogP contribution in [0.1, 0.15) is 19.3 Å². The Bertz CT molecular complexity index is 231.